The number of benzene rings is 5. The number of pyridine rings is 5. The topological polar surface area (TPSA) is 200 Å². The maximum Gasteiger partial charge on any atom is 0.569 e. The lowest BCUT2D eigenvalue weighted by Gasteiger charge is -2.06. The Bertz CT molecular complexity index is 3420. The molecule has 0 amide bonds. The normalized spacial score (nSPS) is 9.71. The molecule has 0 saturated carbocycles. The number of hydrogen-bond donors (Lipinski definition) is 4. The number of carbonyl (C=O) groups is 2. The van der Waals surface area contributed by atoms with E-state index in [1.165, 1.54) is 11.1 Å². The van der Waals surface area contributed by atoms with Crippen LogP contribution in [0.15, 0.2) is 230 Å². The number of aromatic carboxylic acids is 1. The molecule has 0 aliphatic rings. The first kappa shape index (κ1) is 68.7. The molecule has 16 heteroatoms. The number of halogens is 3. The Morgan fingerprint density at radius 2 is 0.928 bits per heavy atom. The van der Waals surface area contributed by atoms with Crippen molar-refractivity contribution in [1.82, 2.24) is 24.9 Å². The first-order valence-corrected chi connectivity index (χ1v) is 26.0. The van der Waals surface area contributed by atoms with Crippen molar-refractivity contribution < 1.29 is 30.1 Å². The van der Waals surface area contributed by atoms with Gasteiger partial charge < -0.3 is 26.3 Å². The average Bonchev–Trinajstić information content (AvgIpc) is 3.67. The summed E-state index contributed by atoms with van der Waals surface area (Å²) in [6.07, 6.45) is 10.2. The molecular formula is C67H72BBrClFN7O5. The second kappa shape index (κ2) is 39.0. The number of carboxylic acid groups (broad SMARTS) is 1. The maximum absolute atomic E-state index is 12.6. The van der Waals surface area contributed by atoms with Crippen molar-refractivity contribution in [3.8, 4) is 50.5 Å². The zero-order chi connectivity index (χ0) is 58.2. The van der Waals surface area contributed by atoms with Crippen molar-refractivity contribution >= 4 is 47.8 Å². The molecule has 0 saturated heterocycles. The zero-order valence-corrected chi connectivity index (χ0v) is 47.6. The Kier molecular flexibility index (Phi) is 32.3. The molecule has 6 N–H and O–H groups in total. The van der Waals surface area contributed by atoms with Crippen LogP contribution in [0.3, 0.4) is 0 Å². The number of nitrogens with zero attached hydrogens (tertiary/aromatic N) is 5. The summed E-state index contributed by atoms with van der Waals surface area (Å²) in [7, 11) is -0.350. The van der Waals surface area contributed by atoms with Crippen molar-refractivity contribution in [1.29, 1.82) is 0 Å². The number of alkyl halides is 1. The Morgan fingerprint density at radius 1 is 0.530 bits per heavy atom. The Labute approximate surface area is 505 Å². The summed E-state index contributed by atoms with van der Waals surface area (Å²) in [6.45, 7) is 7.06. The van der Waals surface area contributed by atoms with Crippen LogP contribution in [0.5, 0.6) is 5.75 Å². The first-order chi connectivity index (χ1) is 39.3. The summed E-state index contributed by atoms with van der Waals surface area (Å²) in [4.78, 5) is 44.2. The van der Waals surface area contributed by atoms with Gasteiger partial charge in [-0.2, -0.15) is 0 Å². The van der Waals surface area contributed by atoms with Crippen LogP contribution in [0.2, 0.25) is 0 Å². The van der Waals surface area contributed by atoms with E-state index in [4.69, 9.17) is 27.6 Å². The summed E-state index contributed by atoms with van der Waals surface area (Å²) in [5.74, 6) is -0.154. The number of aryl methyl sites for hydroxylation is 4. The molecular weight excluding hydrogens is 1130 g/mol. The molecule has 5 heterocycles. The number of Topliss-reactive ketones (excluding diaryl/α,β-unsaturated/α-hetero) is 1. The van der Waals surface area contributed by atoms with Gasteiger partial charge >= 0.3 is 13.7 Å². The molecule has 5 aromatic carbocycles. The molecule has 10 rings (SSSR count). The van der Waals surface area contributed by atoms with Crippen LogP contribution < -0.4 is 16.1 Å². The van der Waals surface area contributed by atoms with Crippen molar-refractivity contribution in [3.63, 3.8) is 0 Å². The highest BCUT2D eigenvalue weighted by Crippen LogP contribution is 2.23. The highest BCUT2D eigenvalue weighted by molar-refractivity contribution is 9.10. The van der Waals surface area contributed by atoms with E-state index in [1.807, 2.05) is 130 Å². The van der Waals surface area contributed by atoms with Crippen LogP contribution in [-0.2, 0) is 19.5 Å². The third kappa shape index (κ3) is 24.6. The number of carbonyl (C=O) groups excluding carboxylic acids is 1. The average molecular weight is 1200 g/mol. The predicted octanol–water partition coefficient (Wildman–Crippen LogP) is 15.4. The minimum absolute atomic E-state index is 0. The first-order valence-electron chi connectivity index (χ1n) is 25.9. The van der Waals surface area contributed by atoms with Gasteiger partial charge in [-0.05, 0) is 151 Å². The molecule has 1 radical (unpaired) electrons. The molecule has 12 nitrogen and oxygen atoms in total. The summed E-state index contributed by atoms with van der Waals surface area (Å²) >= 11 is 3.32. The SMILES string of the molecule is C.C.Cc1cc(-c2ccc(CCC(=O)c3ccc(-c4ccccn4)cc3)cc2)ccn1.Cc1cc(-c2ccc(CN)cc2)ccn1.Cc1cc(Br)ccn1.Cl.NCc1ccc(O[B]O)cc1.O=C(O)c1ccc(-c2ccccn2)cc1.[2H]CF. The van der Waals surface area contributed by atoms with Crippen molar-refractivity contribution in [3.05, 3.63) is 274 Å². The van der Waals surface area contributed by atoms with E-state index in [0.717, 1.165) is 83.9 Å². The summed E-state index contributed by atoms with van der Waals surface area (Å²) in [5.41, 5.74) is 26.8. The smallest absolute Gasteiger partial charge is 0.537 e. The Balaban J connectivity index is 0.000000376. The number of carboxylic acids is 1. The number of ketones is 1. The van der Waals surface area contributed by atoms with E-state index in [1.54, 1.807) is 55.0 Å². The highest BCUT2D eigenvalue weighted by atomic mass is 79.9. The van der Waals surface area contributed by atoms with Gasteiger partial charge in [-0.3, -0.25) is 34.1 Å². The molecule has 0 atom stereocenters. The standard InChI is InChI=1S/C26H22N2O.C13H14N2.C12H9NO2.C7H9BNO2.C6H6BrN.CH3F.2CH4.ClH/c1-19-18-24(15-17-27-19)21-8-5-20(6-9-21)7-14-26(29)23-12-10-22(11-13-23)25-4-2-3-16-28-25;1-10-8-13(6-7-15-10)12-4-2-11(9-14)3-5-12;14-12(15)10-6-4-9(5-7-10)11-3-1-2-8-13-11;9-5-6-1-3-7(4-2-6)11-8-10;1-5-4-6(7)2-3-8-5;1-2;;;/h2-6,8-13,15-18H,7,14H2,1H3;2-8H,9,14H2,1H3;1-8H,(H,14,15);1-4,10H,5,9H2;2-4H,1H3;1H3;2*1H4;1H/i;;;;;1D;;;. The molecule has 0 bridgehead atoms. The summed E-state index contributed by atoms with van der Waals surface area (Å²) in [5, 5.41) is 17.0. The maximum atomic E-state index is 12.6. The van der Waals surface area contributed by atoms with Crippen LogP contribution in [0.1, 0.15) is 77.1 Å². The molecule has 0 aliphatic carbocycles. The Morgan fingerprint density at radius 3 is 1.29 bits per heavy atom. The summed E-state index contributed by atoms with van der Waals surface area (Å²) < 4.78 is 21.3. The van der Waals surface area contributed by atoms with Gasteiger partial charge in [0, 0.05) is 88.7 Å². The fraction of sp³-hybridized carbons (Fsp3) is 0.149. The van der Waals surface area contributed by atoms with Gasteiger partial charge in [-0.1, -0.05) is 140 Å². The lowest BCUT2D eigenvalue weighted by Crippen LogP contribution is -2.01. The predicted molar refractivity (Wildman–Crippen MR) is 343 cm³/mol. The van der Waals surface area contributed by atoms with Crippen LogP contribution >= 0.6 is 28.3 Å². The van der Waals surface area contributed by atoms with Crippen LogP contribution in [0.4, 0.5) is 4.39 Å². The van der Waals surface area contributed by atoms with Gasteiger partial charge in [0.05, 0.1) is 31.2 Å². The van der Waals surface area contributed by atoms with Crippen LogP contribution in [0, 0.1) is 20.8 Å². The number of aromatic nitrogens is 5. The fourth-order valence-corrected chi connectivity index (χ4v) is 7.95. The second-order valence-corrected chi connectivity index (χ2v) is 18.4. The van der Waals surface area contributed by atoms with Crippen molar-refractivity contribution in [2.45, 2.75) is 61.6 Å². The minimum atomic E-state index is -1.00. The van der Waals surface area contributed by atoms with Crippen molar-refractivity contribution in [2.24, 2.45) is 11.5 Å². The number of hydrogen-bond acceptors (Lipinski definition) is 11. The van der Waals surface area contributed by atoms with Crippen LogP contribution in [-0.4, -0.2) is 61.6 Å². The largest absolute Gasteiger partial charge is 0.569 e. The molecule has 429 valence electrons. The van der Waals surface area contributed by atoms with Crippen LogP contribution in [0.25, 0.3) is 44.8 Å². The zero-order valence-electron chi connectivity index (χ0n) is 46.1. The van der Waals surface area contributed by atoms with Gasteiger partial charge in [0.15, 0.2) is 5.78 Å². The van der Waals surface area contributed by atoms with E-state index in [-0.39, 0.29) is 38.6 Å². The van der Waals surface area contributed by atoms with E-state index in [2.05, 4.69) is 102 Å². The monoisotopic (exact) mass is 1200 g/mol. The lowest BCUT2D eigenvalue weighted by molar-refractivity contribution is 0.0696. The molecule has 0 fully saturated rings. The number of rotatable bonds is 13. The molecule has 0 spiro atoms. The van der Waals surface area contributed by atoms with E-state index < -0.39 is 13.1 Å². The second-order valence-electron chi connectivity index (χ2n) is 17.5. The lowest BCUT2D eigenvalue weighted by atomic mass is 9.99. The molecule has 83 heavy (non-hydrogen) atoms. The third-order valence-electron chi connectivity index (χ3n) is 11.7. The fourth-order valence-electron chi connectivity index (χ4n) is 7.50. The van der Waals surface area contributed by atoms with Gasteiger partial charge in [-0.25, -0.2) is 4.79 Å². The quantitative estimate of drug-likeness (QED) is 0.0630. The van der Waals surface area contributed by atoms with E-state index >= 15 is 0 Å². The molecule has 5 aromatic heterocycles. The highest BCUT2D eigenvalue weighted by Gasteiger charge is 2.09. The summed E-state index contributed by atoms with van der Waals surface area (Å²) in [6, 6.07) is 61.8. The molecule has 10 aromatic rings. The molecule has 0 aliphatic heterocycles. The van der Waals surface area contributed by atoms with E-state index in [9.17, 15) is 14.0 Å². The van der Waals surface area contributed by atoms with Gasteiger partial charge in [-0.15, -0.1) is 12.4 Å². The Hall–Kier alpha value is -8.57. The van der Waals surface area contributed by atoms with E-state index in [0.29, 0.717) is 32.9 Å². The number of nitrogens with two attached hydrogens (primary N) is 2. The third-order valence-corrected chi connectivity index (χ3v) is 12.2. The van der Waals surface area contributed by atoms with Gasteiger partial charge in [0.1, 0.15) is 0 Å². The van der Waals surface area contributed by atoms with Gasteiger partial charge in [0.25, 0.3) is 0 Å². The van der Waals surface area contributed by atoms with Gasteiger partial charge in [0.2, 0.25) is 0 Å². The van der Waals surface area contributed by atoms with Crippen molar-refractivity contribution in [2.75, 3.05) is 7.15 Å². The minimum Gasteiger partial charge on any atom is -0.537 e. The molecule has 0 unspecified atom stereocenters.